The van der Waals surface area contributed by atoms with Gasteiger partial charge in [-0.15, -0.1) is 0 Å². The van der Waals surface area contributed by atoms with Crippen molar-refractivity contribution < 1.29 is 27.6 Å². The van der Waals surface area contributed by atoms with Crippen LogP contribution in [0.15, 0.2) is 29.2 Å². The third kappa shape index (κ3) is 4.19. The summed E-state index contributed by atoms with van der Waals surface area (Å²) in [4.78, 5) is 11.9. The minimum Gasteiger partial charge on any atom is -0.465 e. The molecule has 1 aliphatic heterocycles. The molecule has 1 heterocycles. The van der Waals surface area contributed by atoms with Gasteiger partial charge in [-0.05, 0) is 31.4 Å². The van der Waals surface area contributed by atoms with Crippen LogP contribution in [0.25, 0.3) is 0 Å². The summed E-state index contributed by atoms with van der Waals surface area (Å²) in [6.07, 6.45) is -1.61. The zero-order chi connectivity index (χ0) is 16.3. The molecule has 2 rings (SSSR count). The van der Waals surface area contributed by atoms with Gasteiger partial charge in [0.05, 0.1) is 17.6 Å². The van der Waals surface area contributed by atoms with Crippen LogP contribution < -0.4 is 0 Å². The summed E-state index contributed by atoms with van der Waals surface area (Å²) in [5, 5.41) is 18.5. The van der Waals surface area contributed by atoms with E-state index in [1.54, 1.807) is 12.1 Å². The van der Waals surface area contributed by atoms with E-state index in [4.69, 9.17) is 9.29 Å². The van der Waals surface area contributed by atoms with Crippen LogP contribution in [-0.2, 0) is 14.3 Å². The number of benzene rings is 1. The van der Waals surface area contributed by atoms with E-state index >= 15 is 0 Å². The predicted molar refractivity (Wildman–Crippen MR) is 78.0 cm³/mol. The first-order valence-electron chi connectivity index (χ1n) is 6.90. The van der Waals surface area contributed by atoms with Gasteiger partial charge in [-0.3, -0.25) is 4.18 Å². The summed E-state index contributed by atoms with van der Waals surface area (Å²) in [6.45, 7) is 2.23. The Bertz CT molecular complexity index is 621. The van der Waals surface area contributed by atoms with Crippen LogP contribution >= 0.6 is 0 Å². The average molecular weight is 329 g/mol. The molecule has 22 heavy (non-hydrogen) atoms. The van der Waals surface area contributed by atoms with Gasteiger partial charge in [0.2, 0.25) is 0 Å². The number of amides is 1. The third-order valence-corrected chi connectivity index (χ3v) is 4.85. The highest BCUT2D eigenvalue weighted by Gasteiger charge is 2.32. The summed E-state index contributed by atoms with van der Waals surface area (Å²) in [5.74, 6) is 0.0387. The Labute approximate surface area is 129 Å². The van der Waals surface area contributed by atoms with Crippen LogP contribution in [0, 0.1) is 12.8 Å². The van der Waals surface area contributed by atoms with Crippen LogP contribution in [0.5, 0.6) is 0 Å². The van der Waals surface area contributed by atoms with Crippen molar-refractivity contribution in [2.75, 3.05) is 19.7 Å². The first-order valence-corrected chi connectivity index (χ1v) is 8.31. The molecule has 1 aromatic rings. The molecule has 1 unspecified atom stereocenters. The molecule has 8 heteroatoms. The number of hydrogen-bond donors (Lipinski definition) is 2. The molecule has 1 aromatic carbocycles. The van der Waals surface area contributed by atoms with Crippen LogP contribution in [0.3, 0.4) is 0 Å². The molecule has 1 atom stereocenters. The molecule has 1 amide bonds. The maximum atomic E-state index is 11.9. The molecule has 0 bridgehead atoms. The Morgan fingerprint density at radius 2 is 1.95 bits per heavy atom. The molecular formula is C14H19NO6S. The Balaban J connectivity index is 1.79. The van der Waals surface area contributed by atoms with Gasteiger partial charge in [-0.2, -0.15) is 8.42 Å². The zero-order valence-corrected chi connectivity index (χ0v) is 13.0. The maximum Gasteiger partial charge on any atom is 0.407 e. The van der Waals surface area contributed by atoms with Crippen molar-refractivity contribution in [1.29, 1.82) is 0 Å². The number of carbonyl (C=O) groups is 1. The van der Waals surface area contributed by atoms with E-state index < -0.39 is 22.3 Å². The standard InChI is InChI=1S/C14H19NO6S/c1-10-2-4-13(5-3-10)22(19,20)21-9-12(16)6-11-7-15(8-11)14(17)18/h2-5,11-12,16H,6-9H2,1H3,(H,17,18). The number of carboxylic acid groups (broad SMARTS) is 1. The van der Waals surface area contributed by atoms with Gasteiger partial charge < -0.3 is 15.1 Å². The van der Waals surface area contributed by atoms with Gasteiger partial charge in [0.15, 0.2) is 0 Å². The van der Waals surface area contributed by atoms with Crippen molar-refractivity contribution >= 4 is 16.2 Å². The Morgan fingerprint density at radius 1 is 1.36 bits per heavy atom. The molecule has 2 N–H and O–H groups in total. The summed E-state index contributed by atoms with van der Waals surface area (Å²) >= 11 is 0. The topological polar surface area (TPSA) is 104 Å². The normalized spacial score (nSPS) is 17.1. The third-order valence-electron chi connectivity index (χ3n) is 3.56. The van der Waals surface area contributed by atoms with Crippen LogP contribution in [0.2, 0.25) is 0 Å². The van der Waals surface area contributed by atoms with Gasteiger partial charge in [-0.1, -0.05) is 17.7 Å². The van der Waals surface area contributed by atoms with Crippen molar-refractivity contribution in [3.05, 3.63) is 29.8 Å². The second kappa shape index (κ2) is 6.64. The molecule has 0 spiro atoms. The number of hydrogen-bond acceptors (Lipinski definition) is 5. The van der Waals surface area contributed by atoms with Gasteiger partial charge in [0, 0.05) is 13.1 Å². The number of aliphatic hydroxyl groups is 1. The van der Waals surface area contributed by atoms with Crippen LogP contribution in [0.1, 0.15) is 12.0 Å². The summed E-state index contributed by atoms with van der Waals surface area (Å²) < 4.78 is 28.7. The van der Waals surface area contributed by atoms with E-state index in [0.717, 1.165) is 5.56 Å². The first-order chi connectivity index (χ1) is 10.3. The monoisotopic (exact) mass is 329 g/mol. The van der Waals surface area contributed by atoms with Gasteiger partial charge in [0.25, 0.3) is 10.1 Å². The lowest BCUT2D eigenvalue weighted by Gasteiger charge is -2.37. The van der Waals surface area contributed by atoms with Crippen LogP contribution in [0.4, 0.5) is 4.79 Å². The van der Waals surface area contributed by atoms with Gasteiger partial charge >= 0.3 is 6.09 Å². The van der Waals surface area contributed by atoms with Crippen molar-refractivity contribution in [3.63, 3.8) is 0 Å². The van der Waals surface area contributed by atoms with E-state index in [1.165, 1.54) is 17.0 Å². The molecule has 1 aliphatic rings. The minimum atomic E-state index is -3.89. The largest absolute Gasteiger partial charge is 0.465 e. The number of rotatable bonds is 6. The average Bonchev–Trinajstić information content (AvgIpc) is 2.40. The van der Waals surface area contributed by atoms with Crippen molar-refractivity contribution in [2.24, 2.45) is 5.92 Å². The van der Waals surface area contributed by atoms with Crippen molar-refractivity contribution in [1.82, 2.24) is 4.90 Å². The summed E-state index contributed by atoms with van der Waals surface area (Å²) in [6, 6.07) is 6.24. The van der Waals surface area contributed by atoms with Gasteiger partial charge in [-0.25, -0.2) is 4.79 Å². The fraction of sp³-hybridized carbons (Fsp3) is 0.500. The van der Waals surface area contributed by atoms with E-state index in [9.17, 15) is 18.3 Å². The smallest absolute Gasteiger partial charge is 0.407 e. The Kier molecular flexibility index (Phi) is 5.05. The Morgan fingerprint density at radius 3 is 2.50 bits per heavy atom. The maximum absolute atomic E-state index is 11.9. The molecule has 0 aromatic heterocycles. The second-order valence-corrected chi connectivity index (χ2v) is 7.11. The van der Waals surface area contributed by atoms with E-state index in [-0.39, 0.29) is 17.4 Å². The zero-order valence-electron chi connectivity index (χ0n) is 12.2. The lowest BCUT2D eigenvalue weighted by atomic mass is 9.94. The Hall–Kier alpha value is -1.64. The second-order valence-electron chi connectivity index (χ2n) is 5.49. The molecule has 7 nitrogen and oxygen atoms in total. The highest BCUT2D eigenvalue weighted by molar-refractivity contribution is 7.86. The number of aryl methyl sites for hydroxylation is 1. The van der Waals surface area contributed by atoms with E-state index in [1.807, 2.05) is 6.92 Å². The van der Waals surface area contributed by atoms with E-state index in [0.29, 0.717) is 19.5 Å². The lowest BCUT2D eigenvalue weighted by molar-refractivity contribution is 0.0333. The highest BCUT2D eigenvalue weighted by atomic mass is 32.2. The molecule has 0 aliphatic carbocycles. The predicted octanol–water partition coefficient (Wildman–Crippen LogP) is 1.06. The molecule has 1 saturated heterocycles. The van der Waals surface area contributed by atoms with Crippen LogP contribution in [-0.4, -0.2) is 55.4 Å². The molecule has 0 radical (unpaired) electrons. The molecule has 1 fully saturated rings. The van der Waals surface area contributed by atoms with Crippen molar-refractivity contribution in [3.8, 4) is 0 Å². The lowest BCUT2D eigenvalue weighted by Crippen LogP contribution is -2.50. The molecular weight excluding hydrogens is 310 g/mol. The summed E-state index contributed by atoms with van der Waals surface area (Å²) in [7, 11) is -3.89. The van der Waals surface area contributed by atoms with Crippen molar-refractivity contribution in [2.45, 2.75) is 24.3 Å². The first kappa shape index (κ1) is 16.7. The fourth-order valence-corrected chi connectivity index (χ4v) is 3.21. The molecule has 122 valence electrons. The summed E-state index contributed by atoms with van der Waals surface area (Å²) in [5.41, 5.74) is 0.937. The van der Waals surface area contributed by atoms with E-state index in [2.05, 4.69) is 0 Å². The number of aliphatic hydroxyl groups excluding tert-OH is 1. The SMILES string of the molecule is Cc1ccc(S(=O)(=O)OCC(O)CC2CN(C(=O)O)C2)cc1. The number of likely N-dealkylation sites (tertiary alicyclic amines) is 1. The highest BCUT2D eigenvalue weighted by Crippen LogP contribution is 2.21. The molecule has 0 saturated carbocycles. The quantitative estimate of drug-likeness (QED) is 0.756. The fourth-order valence-electron chi connectivity index (χ4n) is 2.27. The minimum absolute atomic E-state index is 0.0387. The van der Waals surface area contributed by atoms with Gasteiger partial charge in [0.1, 0.15) is 0 Å². The number of nitrogens with zero attached hydrogens (tertiary/aromatic N) is 1.